The topological polar surface area (TPSA) is 64.8 Å². The number of ketones is 1. The molecule has 0 aliphatic carbocycles. The first-order valence-electron chi connectivity index (χ1n) is 8.95. The van der Waals surface area contributed by atoms with E-state index in [1.165, 1.54) is 0 Å². The second-order valence-electron chi connectivity index (χ2n) is 6.52. The third-order valence-electron chi connectivity index (χ3n) is 4.35. The van der Waals surface area contributed by atoms with Gasteiger partial charge in [0, 0.05) is 30.8 Å². The lowest BCUT2D eigenvalue weighted by atomic mass is 9.96. The standard InChI is InChI=1S/C22H28N2O3/c1-6-7-15(12-17-13-18(26-4)9-11-21(17)27-5)22(25)16-8-10-19(23)20(14-16)24(2)3/h8-14H,6-7,23H2,1-5H3. The fourth-order valence-corrected chi connectivity index (χ4v) is 2.92. The number of carbonyl (C=O) groups is 1. The van der Waals surface area contributed by atoms with E-state index in [4.69, 9.17) is 15.2 Å². The lowest BCUT2D eigenvalue weighted by molar-refractivity contribution is 0.103. The summed E-state index contributed by atoms with van der Waals surface area (Å²) in [5.74, 6) is 1.40. The molecule has 0 saturated carbocycles. The molecule has 27 heavy (non-hydrogen) atoms. The van der Waals surface area contributed by atoms with Gasteiger partial charge in [0.25, 0.3) is 0 Å². The first-order chi connectivity index (χ1) is 12.9. The molecule has 0 saturated heterocycles. The van der Waals surface area contributed by atoms with Crippen LogP contribution < -0.4 is 20.1 Å². The lowest BCUT2D eigenvalue weighted by Crippen LogP contribution is -2.13. The summed E-state index contributed by atoms with van der Waals surface area (Å²) in [4.78, 5) is 15.1. The molecule has 0 unspecified atom stereocenters. The van der Waals surface area contributed by atoms with E-state index < -0.39 is 0 Å². The number of nitrogens with zero attached hydrogens (tertiary/aromatic N) is 1. The van der Waals surface area contributed by atoms with Crippen LogP contribution in [0.25, 0.3) is 6.08 Å². The number of ether oxygens (including phenoxy) is 2. The first kappa shape index (κ1) is 20.4. The molecule has 2 rings (SSSR count). The van der Waals surface area contributed by atoms with Crippen molar-refractivity contribution in [3.8, 4) is 11.5 Å². The van der Waals surface area contributed by atoms with Crippen LogP contribution in [0.1, 0.15) is 35.7 Å². The van der Waals surface area contributed by atoms with Crippen molar-refractivity contribution in [3.05, 3.63) is 53.1 Å². The summed E-state index contributed by atoms with van der Waals surface area (Å²) in [6, 6.07) is 10.9. The van der Waals surface area contributed by atoms with E-state index in [0.29, 0.717) is 29.2 Å². The Morgan fingerprint density at radius 2 is 1.85 bits per heavy atom. The summed E-state index contributed by atoms with van der Waals surface area (Å²) >= 11 is 0. The number of benzene rings is 2. The van der Waals surface area contributed by atoms with Crippen LogP contribution in [0.3, 0.4) is 0 Å². The van der Waals surface area contributed by atoms with E-state index in [1.807, 2.05) is 49.3 Å². The van der Waals surface area contributed by atoms with Gasteiger partial charge in [-0.3, -0.25) is 4.79 Å². The maximum absolute atomic E-state index is 13.2. The summed E-state index contributed by atoms with van der Waals surface area (Å²) < 4.78 is 10.7. The van der Waals surface area contributed by atoms with Crippen molar-refractivity contribution in [3.63, 3.8) is 0 Å². The van der Waals surface area contributed by atoms with E-state index in [1.54, 1.807) is 26.4 Å². The van der Waals surface area contributed by atoms with Crippen molar-refractivity contribution in [1.29, 1.82) is 0 Å². The van der Waals surface area contributed by atoms with Crippen LogP contribution in [-0.4, -0.2) is 34.1 Å². The molecular weight excluding hydrogens is 340 g/mol. The third kappa shape index (κ3) is 4.82. The molecule has 2 aromatic rings. The van der Waals surface area contributed by atoms with E-state index in [9.17, 15) is 4.79 Å². The highest BCUT2D eigenvalue weighted by atomic mass is 16.5. The summed E-state index contributed by atoms with van der Waals surface area (Å²) in [5, 5.41) is 0. The maximum Gasteiger partial charge on any atom is 0.189 e. The van der Waals surface area contributed by atoms with Crippen LogP contribution in [0.5, 0.6) is 11.5 Å². The van der Waals surface area contributed by atoms with Crippen molar-refractivity contribution >= 4 is 23.2 Å². The maximum atomic E-state index is 13.2. The number of carbonyl (C=O) groups excluding carboxylic acids is 1. The zero-order valence-electron chi connectivity index (χ0n) is 16.7. The average molecular weight is 368 g/mol. The third-order valence-corrected chi connectivity index (χ3v) is 4.35. The van der Waals surface area contributed by atoms with Crippen LogP contribution >= 0.6 is 0 Å². The minimum Gasteiger partial charge on any atom is -0.497 e. The van der Waals surface area contributed by atoms with E-state index in [2.05, 4.69) is 6.92 Å². The monoisotopic (exact) mass is 368 g/mol. The Morgan fingerprint density at radius 3 is 2.44 bits per heavy atom. The van der Waals surface area contributed by atoms with E-state index in [0.717, 1.165) is 23.2 Å². The summed E-state index contributed by atoms with van der Waals surface area (Å²) in [5.41, 5.74) is 9.65. The number of anilines is 2. The fourth-order valence-electron chi connectivity index (χ4n) is 2.92. The molecule has 0 bridgehead atoms. The normalized spacial score (nSPS) is 11.2. The predicted octanol–water partition coefficient (Wildman–Crippen LogP) is 4.42. The molecule has 0 spiro atoms. The molecular formula is C22H28N2O3. The smallest absolute Gasteiger partial charge is 0.189 e. The molecule has 0 aliphatic rings. The fraction of sp³-hybridized carbons (Fsp3) is 0.318. The molecule has 0 amide bonds. The molecule has 2 N–H and O–H groups in total. The van der Waals surface area contributed by atoms with E-state index in [-0.39, 0.29) is 5.78 Å². The van der Waals surface area contributed by atoms with Gasteiger partial charge in [-0.1, -0.05) is 13.3 Å². The molecule has 0 radical (unpaired) electrons. The Labute approximate surface area is 161 Å². The Morgan fingerprint density at radius 1 is 1.11 bits per heavy atom. The first-order valence-corrected chi connectivity index (χ1v) is 8.95. The number of nitrogens with two attached hydrogens (primary N) is 1. The zero-order valence-corrected chi connectivity index (χ0v) is 16.7. The SMILES string of the molecule is CCCC(=Cc1cc(OC)ccc1OC)C(=O)c1ccc(N)c(N(C)C)c1. The van der Waals surface area contributed by atoms with Crippen molar-refractivity contribution in [1.82, 2.24) is 0 Å². The lowest BCUT2D eigenvalue weighted by Gasteiger charge is -2.17. The quantitative estimate of drug-likeness (QED) is 0.424. The second kappa shape index (κ2) is 9.12. The van der Waals surface area contributed by atoms with Crippen LogP contribution in [-0.2, 0) is 0 Å². The molecule has 0 atom stereocenters. The van der Waals surface area contributed by atoms with Gasteiger partial charge in [-0.15, -0.1) is 0 Å². The number of rotatable bonds is 8. The summed E-state index contributed by atoms with van der Waals surface area (Å²) in [6.07, 6.45) is 3.42. The van der Waals surface area contributed by atoms with Gasteiger partial charge in [0.05, 0.1) is 25.6 Å². The number of hydrogen-bond acceptors (Lipinski definition) is 5. The largest absolute Gasteiger partial charge is 0.497 e. The predicted molar refractivity (Wildman–Crippen MR) is 112 cm³/mol. The zero-order chi connectivity index (χ0) is 20.0. The van der Waals surface area contributed by atoms with Crippen molar-refractivity contribution in [2.75, 3.05) is 38.9 Å². The van der Waals surface area contributed by atoms with Crippen LogP contribution in [0, 0.1) is 0 Å². The van der Waals surface area contributed by atoms with E-state index >= 15 is 0 Å². The Bertz CT molecular complexity index is 841. The van der Waals surface area contributed by atoms with Crippen LogP contribution in [0.15, 0.2) is 42.0 Å². The molecule has 0 aromatic heterocycles. The van der Waals surface area contributed by atoms with Crippen LogP contribution in [0.4, 0.5) is 11.4 Å². The van der Waals surface area contributed by atoms with Crippen LogP contribution in [0.2, 0.25) is 0 Å². The minimum atomic E-state index is -0.00942. The van der Waals surface area contributed by atoms with Gasteiger partial charge in [0.1, 0.15) is 11.5 Å². The number of methoxy groups -OCH3 is 2. The van der Waals surface area contributed by atoms with Gasteiger partial charge < -0.3 is 20.1 Å². The average Bonchev–Trinajstić information content (AvgIpc) is 2.67. The highest BCUT2D eigenvalue weighted by Gasteiger charge is 2.15. The van der Waals surface area contributed by atoms with Gasteiger partial charge in [0.2, 0.25) is 0 Å². The molecule has 0 aliphatic heterocycles. The minimum absolute atomic E-state index is 0.00942. The Hall–Kier alpha value is -2.95. The second-order valence-corrected chi connectivity index (χ2v) is 6.52. The number of Topliss-reactive ketones (excluding diaryl/α,β-unsaturated/α-hetero) is 1. The molecule has 5 nitrogen and oxygen atoms in total. The number of hydrogen-bond donors (Lipinski definition) is 1. The van der Waals surface area contributed by atoms with Gasteiger partial charge in [0.15, 0.2) is 5.78 Å². The highest BCUT2D eigenvalue weighted by Crippen LogP contribution is 2.29. The number of nitrogen functional groups attached to an aromatic ring is 1. The van der Waals surface area contributed by atoms with Crippen molar-refractivity contribution < 1.29 is 14.3 Å². The highest BCUT2D eigenvalue weighted by molar-refractivity contribution is 6.12. The summed E-state index contributed by atoms with van der Waals surface area (Å²) in [7, 11) is 7.04. The Balaban J connectivity index is 2.50. The summed E-state index contributed by atoms with van der Waals surface area (Å²) in [6.45, 7) is 2.05. The molecule has 144 valence electrons. The number of allylic oxidation sites excluding steroid dienone is 1. The van der Waals surface area contributed by atoms with Gasteiger partial charge >= 0.3 is 0 Å². The molecule has 5 heteroatoms. The van der Waals surface area contributed by atoms with Crippen molar-refractivity contribution in [2.24, 2.45) is 0 Å². The Kier molecular flexibility index (Phi) is 6.88. The van der Waals surface area contributed by atoms with Gasteiger partial charge in [-0.05, 0) is 48.9 Å². The van der Waals surface area contributed by atoms with Gasteiger partial charge in [-0.25, -0.2) is 0 Å². The molecule has 0 fully saturated rings. The molecule has 0 heterocycles. The molecule has 2 aromatic carbocycles. The van der Waals surface area contributed by atoms with Gasteiger partial charge in [-0.2, -0.15) is 0 Å². The van der Waals surface area contributed by atoms with Crippen molar-refractivity contribution in [2.45, 2.75) is 19.8 Å².